The Balaban J connectivity index is 2.16. The van der Waals surface area contributed by atoms with Crippen molar-refractivity contribution < 1.29 is 17.9 Å². The van der Waals surface area contributed by atoms with Crippen LogP contribution in [-0.2, 0) is 14.8 Å². The van der Waals surface area contributed by atoms with E-state index in [2.05, 4.69) is 0 Å². The number of ether oxygens (including phenoxy) is 1. The van der Waals surface area contributed by atoms with Gasteiger partial charge in [-0.05, 0) is 24.3 Å². The number of ketones is 1. The van der Waals surface area contributed by atoms with Gasteiger partial charge in [0, 0.05) is 45.0 Å². The van der Waals surface area contributed by atoms with E-state index in [9.17, 15) is 13.2 Å². The van der Waals surface area contributed by atoms with Gasteiger partial charge in [-0.2, -0.15) is 4.31 Å². The Morgan fingerprint density at radius 1 is 1.18 bits per heavy atom. The summed E-state index contributed by atoms with van der Waals surface area (Å²) >= 11 is 0. The van der Waals surface area contributed by atoms with Gasteiger partial charge in [-0.3, -0.25) is 4.79 Å². The molecule has 7 heteroatoms. The maximum Gasteiger partial charge on any atom is 0.243 e. The number of benzene rings is 1. The van der Waals surface area contributed by atoms with Gasteiger partial charge in [-0.1, -0.05) is 0 Å². The van der Waals surface area contributed by atoms with E-state index in [1.807, 2.05) is 14.1 Å². The number of allylic oxidation sites excluding steroid dienone is 1. The van der Waals surface area contributed by atoms with Crippen molar-refractivity contribution in [2.24, 2.45) is 0 Å². The van der Waals surface area contributed by atoms with E-state index < -0.39 is 10.0 Å². The Kier molecular flexibility index (Phi) is 5.33. The number of sulfonamides is 1. The Bertz CT molecular complexity index is 645. The number of morpholine rings is 1. The van der Waals surface area contributed by atoms with Gasteiger partial charge in [0.2, 0.25) is 10.0 Å². The predicted molar refractivity (Wildman–Crippen MR) is 83.2 cm³/mol. The summed E-state index contributed by atoms with van der Waals surface area (Å²) in [5, 5.41) is 0. The lowest BCUT2D eigenvalue weighted by Gasteiger charge is -2.26. The van der Waals surface area contributed by atoms with Gasteiger partial charge in [-0.25, -0.2) is 8.42 Å². The molecule has 1 heterocycles. The molecule has 120 valence electrons. The number of hydrogen-bond donors (Lipinski definition) is 0. The minimum atomic E-state index is -3.51. The van der Waals surface area contributed by atoms with Crippen LogP contribution in [0.1, 0.15) is 10.4 Å². The second kappa shape index (κ2) is 7.04. The molecule has 0 aliphatic carbocycles. The molecule has 0 spiro atoms. The molecule has 0 bridgehead atoms. The molecule has 0 saturated carbocycles. The molecule has 2 rings (SSSR count). The SMILES string of the molecule is CN(C)/C=C/C(=O)c1ccc(S(=O)(=O)N2CCOCC2)cc1. The molecule has 0 aromatic heterocycles. The van der Waals surface area contributed by atoms with Gasteiger partial charge in [0.1, 0.15) is 0 Å². The first-order valence-electron chi connectivity index (χ1n) is 6.98. The van der Waals surface area contributed by atoms with Crippen molar-refractivity contribution in [3.8, 4) is 0 Å². The van der Waals surface area contributed by atoms with E-state index in [1.165, 1.54) is 34.6 Å². The highest BCUT2D eigenvalue weighted by Crippen LogP contribution is 2.18. The zero-order valence-electron chi connectivity index (χ0n) is 12.7. The minimum Gasteiger partial charge on any atom is -0.383 e. The van der Waals surface area contributed by atoms with E-state index in [-0.39, 0.29) is 10.7 Å². The number of nitrogens with zero attached hydrogens (tertiary/aromatic N) is 2. The van der Waals surface area contributed by atoms with E-state index in [4.69, 9.17) is 4.74 Å². The number of carbonyl (C=O) groups excluding carboxylic acids is 1. The summed E-state index contributed by atoms with van der Waals surface area (Å²) in [5.74, 6) is -0.163. The lowest BCUT2D eigenvalue weighted by molar-refractivity contribution is 0.0730. The fourth-order valence-corrected chi connectivity index (χ4v) is 3.45. The topological polar surface area (TPSA) is 66.9 Å². The summed E-state index contributed by atoms with van der Waals surface area (Å²) in [6.45, 7) is 1.53. The summed E-state index contributed by atoms with van der Waals surface area (Å²) in [5.41, 5.74) is 0.457. The molecular weight excluding hydrogens is 304 g/mol. The zero-order valence-corrected chi connectivity index (χ0v) is 13.5. The van der Waals surface area contributed by atoms with Gasteiger partial charge < -0.3 is 9.64 Å². The molecular formula is C15H20N2O4S. The summed E-state index contributed by atoms with van der Waals surface area (Å²) in [7, 11) is 0.128. The average Bonchev–Trinajstić information content (AvgIpc) is 2.53. The largest absolute Gasteiger partial charge is 0.383 e. The van der Waals surface area contributed by atoms with Gasteiger partial charge in [0.25, 0.3) is 0 Å². The van der Waals surface area contributed by atoms with Crippen molar-refractivity contribution in [2.75, 3.05) is 40.4 Å². The molecule has 1 aliphatic heterocycles. The first kappa shape index (κ1) is 16.7. The minimum absolute atomic E-state index is 0.163. The normalized spacial score (nSPS) is 16.8. The summed E-state index contributed by atoms with van der Waals surface area (Å²) in [6, 6.07) is 6.02. The molecule has 0 amide bonds. The van der Waals surface area contributed by atoms with Crippen LogP contribution < -0.4 is 0 Å². The first-order valence-corrected chi connectivity index (χ1v) is 8.42. The average molecular weight is 324 g/mol. The molecule has 1 aromatic rings. The van der Waals surface area contributed by atoms with Crippen LogP contribution in [0.25, 0.3) is 0 Å². The van der Waals surface area contributed by atoms with Crippen LogP contribution in [0.4, 0.5) is 0 Å². The van der Waals surface area contributed by atoms with Gasteiger partial charge in [0.15, 0.2) is 5.78 Å². The quantitative estimate of drug-likeness (QED) is 0.596. The van der Waals surface area contributed by atoms with Crippen molar-refractivity contribution >= 4 is 15.8 Å². The lowest BCUT2D eigenvalue weighted by Crippen LogP contribution is -2.40. The van der Waals surface area contributed by atoms with Crippen LogP contribution in [-0.4, -0.2) is 63.8 Å². The van der Waals surface area contributed by atoms with Crippen LogP contribution in [0.2, 0.25) is 0 Å². The van der Waals surface area contributed by atoms with Crippen molar-refractivity contribution in [1.82, 2.24) is 9.21 Å². The molecule has 22 heavy (non-hydrogen) atoms. The first-order chi connectivity index (χ1) is 10.4. The highest BCUT2D eigenvalue weighted by Gasteiger charge is 2.26. The van der Waals surface area contributed by atoms with Crippen molar-refractivity contribution in [3.63, 3.8) is 0 Å². The van der Waals surface area contributed by atoms with Gasteiger partial charge >= 0.3 is 0 Å². The molecule has 0 atom stereocenters. The van der Waals surface area contributed by atoms with Crippen molar-refractivity contribution in [1.29, 1.82) is 0 Å². The highest BCUT2D eigenvalue weighted by molar-refractivity contribution is 7.89. The monoisotopic (exact) mass is 324 g/mol. The summed E-state index contributed by atoms with van der Waals surface area (Å²) in [4.78, 5) is 13.9. The summed E-state index contributed by atoms with van der Waals surface area (Å²) < 4.78 is 31.5. The van der Waals surface area contributed by atoms with Crippen LogP contribution in [0, 0.1) is 0 Å². The highest BCUT2D eigenvalue weighted by atomic mass is 32.2. The van der Waals surface area contributed by atoms with Crippen molar-refractivity contribution in [3.05, 3.63) is 42.1 Å². The van der Waals surface area contributed by atoms with Crippen LogP contribution >= 0.6 is 0 Å². The molecule has 1 aliphatic rings. The van der Waals surface area contributed by atoms with Crippen LogP contribution in [0.3, 0.4) is 0 Å². The Labute approximate surface area is 131 Å². The van der Waals surface area contributed by atoms with Crippen LogP contribution in [0.15, 0.2) is 41.4 Å². The molecule has 6 nitrogen and oxygen atoms in total. The third-order valence-electron chi connectivity index (χ3n) is 3.27. The predicted octanol–water partition coefficient (Wildman–Crippen LogP) is 0.965. The second-order valence-corrected chi connectivity index (χ2v) is 7.12. The second-order valence-electron chi connectivity index (χ2n) is 5.18. The number of carbonyl (C=O) groups is 1. The number of hydrogen-bond acceptors (Lipinski definition) is 5. The molecule has 1 aromatic carbocycles. The van der Waals surface area contributed by atoms with E-state index in [0.717, 1.165) is 0 Å². The van der Waals surface area contributed by atoms with Crippen LogP contribution in [0.5, 0.6) is 0 Å². The standard InChI is InChI=1S/C15H20N2O4S/c1-16(2)8-7-15(18)13-3-5-14(6-4-13)22(19,20)17-9-11-21-12-10-17/h3-8H,9-12H2,1-2H3/b8-7+. The smallest absolute Gasteiger partial charge is 0.243 e. The number of rotatable bonds is 5. The van der Waals surface area contributed by atoms with E-state index in [1.54, 1.807) is 11.1 Å². The fourth-order valence-electron chi connectivity index (χ4n) is 2.04. The molecule has 0 unspecified atom stereocenters. The molecule has 0 N–H and O–H groups in total. The molecule has 0 radical (unpaired) electrons. The molecule has 1 saturated heterocycles. The van der Waals surface area contributed by atoms with Crippen molar-refractivity contribution in [2.45, 2.75) is 4.90 Å². The lowest BCUT2D eigenvalue weighted by atomic mass is 10.1. The third-order valence-corrected chi connectivity index (χ3v) is 5.18. The van der Waals surface area contributed by atoms with E-state index >= 15 is 0 Å². The molecule has 1 fully saturated rings. The Morgan fingerprint density at radius 2 is 1.77 bits per heavy atom. The van der Waals surface area contributed by atoms with Gasteiger partial charge in [-0.15, -0.1) is 0 Å². The Hall–Kier alpha value is -1.70. The zero-order chi connectivity index (χ0) is 16.2. The fraction of sp³-hybridized carbons (Fsp3) is 0.400. The summed E-state index contributed by atoms with van der Waals surface area (Å²) in [6.07, 6.45) is 3.10. The maximum atomic E-state index is 12.4. The van der Waals surface area contributed by atoms with Gasteiger partial charge in [0.05, 0.1) is 18.1 Å². The maximum absolute atomic E-state index is 12.4. The van der Waals surface area contributed by atoms with E-state index in [0.29, 0.717) is 31.9 Å². The Morgan fingerprint density at radius 3 is 2.32 bits per heavy atom. The third kappa shape index (κ3) is 3.94.